The zero-order valence-electron chi connectivity index (χ0n) is 14.7. The summed E-state index contributed by atoms with van der Waals surface area (Å²) in [4.78, 5) is 28.7. The molecule has 1 aromatic heterocycles. The molecule has 1 aromatic carbocycles. The summed E-state index contributed by atoms with van der Waals surface area (Å²) in [6, 6.07) is 6.36. The van der Waals surface area contributed by atoms with Crippen molar-refractivity contribution >= 4 is 11.6 Å². The number of nitrogens with one attached hydrogen (secondary N) is 1. The number of nitro benzene ring substituents is 1. The van der Waals surface area contributed by atoms with Gasteiger partial charge in [-0.15, -0.1) is 0 Å². The van der Waals surface area contributed by atoms with Crippen LogP contribution in [0.15, 0.2) is 34.9 Å². The van der Waals surface area contributed by atoms with Crippen molar-refractivity contribution in [3.05, 3.63) is 57.8 Å². The molecule has 8 nitrogen and oxygen atoms in total. The van der Waals surface area contributed by atoms with Gasteiger partial charge in [-0.25, -0.2) is 4.98 Å². The van der Waals surface area contributed by atoms with Crippen LogP contribution < -0.4 is 5.32 Å². The monoisotopic (exact) mass is 358 g/mol. The Bertz CT molecular complexity index is 766. The molecule has 1 amide bonds. The first-order valence-corrected chi connectivity index (χ1v) is 8.69. The van der Waals surface area contributed by atoms with Crippen LogP contribution in [0.5, 0.6) is 0 Å². The van der Waals surface area contributed by atoms with Gasteiger partial charge in [-0.3, -0.25) is 14.9 Å². The van der Waals surface area contributed by atoms with E-state index in [2.05, 4.69) is 10.3 Å². The van der Waals surface area contributed by atoms with Crippen LogP contribution in [-0.2, 0) is 6.42 Å². The predicted molar refractivity (Wildman–Crippen MR) is 95.1 cm³/mol. The molecule has 2 aromatic rings. The van der Waals surface area contributed by atoms with E-state index in [1.165, 1.54) is 18.4 Å². The third-order valence-electron chi connectivity index (χ3n) is 4.66. The van der Waals surface area contributed by atoms with E-state index in [0.717, 1.165) is 31.5 Å². The summed E-state index contributed by atoms with van der Waals surface area (Å²) in [5, 5.41) is 14.0. The number of rotatable bonds is 6. The summed E-state index contributed by atoms with van der Waals surface area (Å²) >= 11 is 0. The van der Waals surface area contributed by atoms with E-state index in [-0.39, 0.29) is 17.5 Å². The number of nitrogens with zero attached hydrogens (tertiary/aromatic N) is 3. The number of carbonyl (C=O) groups is 1. The highest BCUT2D eigenvalue weighted by Gasteiger charge is 2.23. The molecule has 3 rings (SSSR count). The Morgan fingerprint density at radius 2 is 2.04 bits per heavy atom. The molecule has 138 valence electrons. The third-order valence-corrected chi connectivity index (χ3v) is 4.66. The number of hydrogen-bond acceptors (Lipinski definition) is 6. The summed E-state index contributed by atoms with van der Waals surface area (Å²) < 4.78 is 5.52. The largest absolute Gasteiger partial charge is 0.448 e. The van der Waals surface area contributed by atoms with Gasteiger partial charge in [-0.2, -0.15) is 0 Å². The van der Waals surface area contributed by atoms with Crippen molar-refractivity contribution in [2.24, 2.45) is 0 Å². The van der Waals surface area contributed by atoms with E-state index >= 15 is 0 Å². The van der Waals surface area contributed by atoms with Crippen LogP contribution in [0.2, 0.25) is 0 Å². The highest BCUT2D eigenvalue weighted by Crippen LogP contribution is 2.24. The lowest BCUT2D eigenvalue weighted by Crippen LogP contribution is -2.29. The van der Waals surface area contributed by atoms with Gasteiger partial charge in [-0.05, 0) is 37.9 Å². The fourth-order valence-electron chi connectivity index (χ4n) is 3.02. The molecule has 8 heteroatoms. The lowest BCUT2D eigenvalue weighted by molar-refractivity contribution is -0.384. The first-order valence-electron chi connectivity index (χ1n) is 8.69. The van der Waals surface area contributed by atoms with Crippen molar-refractivity contribution in [2.45, 2.75) is 25.2 Å². The minimum Gasteiger partial charge on any atom is -0.448 e. The molecule has 0 unspecified atom stereocenters. The number of hydrogen-bond donors (Lipinski definition) is 1. The van der Waals surface area contributed by atoms with Crippen molar-refractivity contribution in [3.63, 3.8) is 0 Å². The van der Waals surface area contributed by atoms with E-state index in [4.69, 9.17) is 4.42 Å². The molecule has 0 saturated carbocycles. The Hall–Kier alpha value is -2.74. The van der Waals surface area contributed by atoms with Crippen LogP contribution in [0.1, 0.15) is 40.7 Å². The van der Waals surface area contributed by atoms with Crippen molar-refractivity contribution in [3.8, 4) is 0 Å². The summed E-state index contributed by atoms with van der Waals surface area (Å²) in [6.07, 6.45) is 3.97. The van der Waals surface area contributed by atoms with Crippen LogP contribution >= 0.6 is 0 Å². The molecule has 0 atom stereocenters. The van der Waals surface area contributed by atoms with Crippen molar-refractivity contribution in [1.82, 2.24) is 15.2 Å². The first-order chi connectivity index (χ1) is 12.5. The minimum absolute atomic E-state index is 0.0613. The second kappa shape index (κ2) is 8.09. The Labute approximate surface area is 151 Å². The number of aromatic nitrogens is 1. The number of likely N-dealkylation sites (N-methyl/N-ethyl adjacent to an activating group) is 1. The van der Waals surface area contributed by atoms with E-state index in [1.807, 2.05) is 0 Å². The molecule has 2 heterocycles. The Morgan fingerprint density at radius 1 is 1.35 bits per heavy atom. The topological polar surface area (TPSA) is 102 Å². The highest BCUT2D eigenvalue weighted by molar-refractivity contribution is 5.91. The van der Waals surface area contributed by atoms with Crippen LogP contribution in [0.3, 0.4) is 0 Å². The first kappa shape index (κ1) is 18.1. The zero-order valence-corrected chi connectivity index (χ0v) is 14.7. The highest BCUT2D eigenvalue weighted by atomic mass is 16.6. The third kappa shape index (κ3) is 4.26. The van der Waals surface area contributed by atoms with Crippen molar-refractivity contribution in [1.29, 1.82) is 0 Å². The van der Waals surface area contributed by atoms with Gasteiger partial charge in [0.25, 0.3) is 11.6 Å². The van der Waals surface area contributed by atoms with Gasteiger partial charge < -0.3 is 14.6 Å². The van der Waals surface area contributed by atoms with Gasteiger partial charge in [-0.1, -0.05) is 12.1 Å². The maximum Gasteiger partial charge on any atom is 0.275 e. The molecular formula is C18H22N4O4. The lowest BCUT2D eigenvalue weighted by atomic mass is 9.98. The van der Waals surface area contributed by atoms with Gasteiger partial charge in [0.2, 0.25) is 0 Å². The summed E-state index contributed by atoms with van der Waals surface area (Å²) in [6.45, 7) is 2.36. The molecule has 26 heavy (non-hydrogen) atoms. The van der Waals surface area contributed by atoms with Gasteiger partial charge in [0.15, 0.2) is 11.6 Å². The number of non-ortho nitro benzene ring substituents is 1. The second-order valence-corrected chi connectivity index (χ2v) is 6.50. The van der Waals surface area contributed by atoms with Gasteiger partial charge >= 0.3 is 0 Å². The predicted octanol–water partition coefficient (Wildman–Crippen LogP) is 2.36. The molecule has 0 aliphatic carbocycles. The molecule has 0 bridgehead atoms. The quantitative estimate of drug-likeness (QED) is 0.628. The summed E-state index contributed by atoms with van der Waals surface area (Å²) in [7, 11) is 1.71. The van der Waals surface area contributed by atoms with Crippen molar-refractivity contribution < 1.29 is 14.1 Å². The maximum absolute atomic E-state index is 12.5. The number of nitro groups is 1. The number of oxazole rings is 1. The smallest absolute Gasteiger partial charge is 0.275 e. The normalized spacial score (nSPS) is 15.0. The van der Waals surface area contributed by atoms with Crippen molar-refractivity contribution in [2.75, 3.05) is 26.7 Å². The standard InChI is InChI=1S/C18H22N4O4/c1-21(11-8-13-2-4-15(5-3-13)22(24)25)18(23)16-12-26-17(20-16)14-6-9-19-10-7-14/h2-5,12,14,19H,6-11H2,1H3. The van der Waals surface area contributed by atoms with Crippen LogP contribution in [0, 0.1) is 10.1 Å². The average Bonchev–Trinajstić information content (AvgIpc) is 3.16. The fourth-order valence-corrected chi connectivity index (χ4v) is 3.02. The number of amides is 1. The van der Waals surface area contributed by atoms with Crippen LogP contribution in [-0.4, -0.2) is 47.4 Å². The fraction of sp³-hybridized carbons (Fsp3) is 0.444. The maximum atomic E-state index is 12.5. The summed E-state index contributed by atoms with van der Waals surface area (Å²) in [5.74, 6) is 0.720. The molecule has 1 fully saturated rings. The van der Waals surface area contributed by atoms with Gasteiger partial charge in [0, 0.05) is 31.6 Å². The lowest BCUT2D eigenvalue weighted by Gasteiger charge is -2.19. The molecular weight excluding hydrogens is 336 g/mol. The zero-order chi connectivity index (χ0) is 18.5. The SMILES string of the molecule is CN(CCc1ccc([N+](=O)[O-])cc1)C(=O)c1coc(C2CCNCC2)n1. The number of carbonyl (C=O) groups excluding carboxylic acids is 1. The van der Waals surface area contributed by atoms with Crippen LogP contribution in [0.4, 0.5) is 5.69 Å². The number of benzene rings is 1. The Morgan fingerprint density at radius 3 is 2.69 bits per heavy atom. The molecule has 1 N–H and O–H groups in total. The number of piperidine rings is 1. The van der Waals surface area contributed by atoms with E-state index in [9.17, 15) is 14.9 Å². The Balaban J connectivity index is 1.55. The van der Waals surface area contributed by atoms with Gasteiger partial charge in [0.1, 0.15) is 6.26 Å². The van der Waals surface area contributed by atoms with Gasteiger partial charge in [0.05, 0.1) is 4.92 Å². The minimum atomic E-state index is -0.427. The second-order valence-electron chi connectivity index (χ2n) is 6.50. The molecule has 1 saturated heterocycles. The molecule has 0 spiro atoms. The molecule has 0 radical (unpaired) electrons. The van der Waals surface area contributed by atoms with E-state index < -0.39 is 4.92 Å². The molecule has 1 aliphatic rings. The van der Waals surface area contributed by atoms with Crippen LogP contribution in [0.25, 0.3) is 0 Å². The molecule has 1 aliphatic heterocycles. The van der Waals surface area contributed by atoms with E-state index in [1.54, 1.807) is 24.1 Å². The summed E-state index contributed by atoms with van der Waals surface area (Å²) in [5.41, 5.74) is 1.32. The van der Waals surface area contributed by atoms with E-state index in [0.29, 0.717) is 24.6 Å². The average molecular weight is 358 g/mol. The Kier molecular flexibility index (Phi) is 5.62.